The molecule has 172 valence electrons. The van der Waals surface area contributed by atoms with Crippen LogP contribution >= 0.6 is 0 Å². The van der Waals surface area contributed by atoms with Crippen molar-refractivity contribution in [2.45, 2.75) is 77.0 Å². The van der Waals surface area contributed by atoms with Gasteiger partial charge in [0.15, 0.2) is 0 Å². The molecule has 1 heterocycles. The molecule has 0 N–H and O–H groups in total. The normalized spacial score (nSPS) is 23.5. The Morgan fingerprint density at radius 1 is 0.567 bits per heavy atom. The van der Waals surface area contributed by atoms with Crippen molar-refractivity contribution in [3.05, 3.63) is 0 Å². The van der Waals surface area contributed by atoms with Crippen LogP contribution in [0.15, 0.2) is 0 Å². The van der Waals surface area contributed by atoms with E-state index >= 15 is 0 Å². The molecule has 1 saturated heterocycles. The molecule has 2 aliphatic carbocycles. The van der Waals surface area contributed by atoms with Crippen LogP contribution in [0.5, 0.6) is 0 Å². The van der Waals surface area contributed by atoms with Crippen molar-refractivity contribution >= 4 is 11.9 Å². The number of hydrogen-bond acceptors (Lipinski definition) is 6. The molecular weight excluding hydrogens is 380 g/mol. The fraction of sp³-hybridized carbons (Fsp3) is 0.917. The summed E-state index contributed by atoms with van der Waals surface area (Å²) in [4.78, 5) is 29.3. The quantitative estimate of drug-likeness (QED) is 0.440. The third kappa shape index (κ3) is 8.18. The van der Waals surface area contributed by atoms with E-state index in [2.05, 4.69) is 9.80 Å². The molecule has 3 aliphatic rings. The van der Waals surface area contributed by atoms with Gasteiger partial charge < -0.3 is 9.47 Å². The van der Waals surface area contributed by atoms with Crippen LogP contribution in [0.25, 0.3) is 0 Å². The molecule has 3 fully saturated rings. The standard InChI is InChI=1S/C24H42N2O4/c27-23(21-9-5-1-2-6-10-21)29-19-17-25-13-15-26(16-14-25)18-20-30-24(28)22-11-7-3-4-8-12-22/h21-22H,1-20H2. The molecule has 0 unspecified atom stereocenters. The lowest BCUT2D eigenvalue weighted by molar-refractivity contribution is -0.150. The van der Waals surface area contributed by atoms with Crippen molar-refractivity contribution in [3.63, 3.8) is 0 Å². The minimum absolute atomic E-state index is 0.0195. The van der Waals surface area contributed by atoms with Crippen molar-refractivity contribution < 1.29 is 19.1 Å². The highest BCUT2D eigenvalue weighted by Crippen LogP contribution is 2.24. The van der Waals surface area contributed by atoms with Crippen LogP contribution in [-0.4, -0.2) is 74.2 Å². The van der Waals surface area contributed by atoms with E-state index in [9.17, 15) is 9.59 Å². The van der Waals surface area contributed by atoms with Gasteiger partial charge in [-0.1, -0.05) is 51.4 Å². The molecule has 0 amide bonds. The molecule has 6 heteroatoms. The van der Waals surface area contributed by atoms with Gasteiger partial charge in [0.1, 0.15) is 13.2 Å². The number of nitrogens with zero attached hydrogens (tertiary/aromatic N) is 2. The number of carbonyl (C=O) groups is 2. The molecule has 0 atom stereocenters. The second kappa shape index (κ2) is 13.3. The maximum atomic E-state index is 12.3. The van der Waals surface area contributed by atoms with Crippen LogP contribution in [-0.2, 0) is 19.1 Å². The van der Waals surface area contributed by atoms with Crippen molar-refractivity contribution in [2.24, 2.45) is 11.8 Å². The van der Waals surface area contributed by atoms with Gasteiger partial charge in [-0.3, -0.25) is 19.4 Å². The SMILES string of the molecule is O=C(OCCN1CCN(CCOC(=O)C2CCCCCC2)CC1)C1CCCCCC1. The van der Waals surface area contributed by atoms with Crippen LogP contribution in [0.3, 0.4) is 0 Å². The topological polar surface area (TPSA) is 59.1 Å². The zero-order valence-electron chi connectivity index (χ0n) is 18.8. The molecule has 2 saturated carbocycles. The van der Waals surface area contributed by atoms with Crippen molar-refractivity contribution in [2.75, 3.05) is 52.5 Å². The van der Waals surface area contributed by atoms with Crippen LogP contribution < -0.4 is 0 Å². The van der Waals surface area contributed by atoms with Crippen molar-refractivity contribution in [1.29, 1.82) is 0 Å². The first-order valence-electron chi connectivity index (χ1n) is 12.5. The summed E-state index contributed by atoms with van der Waals surface area (Å²) in [7, 11) is 0. The fourth-order valence-electron chi connectivity index (χ4n) is 5.05. The summed E-state index contributed by atoms with van der Waals surface area (Å²) in [6.45, 7) is 6.60. The first kappa shape index (κ1) is 23.5. The summed E-state index contributed by atoms with van der Waals surface area (Å²) >= 11 is 0. The van der Waals surface area contributed by atoms with Gasteiger partial charge in [0.05, 0.1) is 11.8 Å². The van der Waals surface area contributed by atoms with Gasteiger partial charge in [-0.05, 0) is 25.7 Å². The zero-order valence-corrected chi connectivity index (χ0v) is 18.8. The molecule has 6 nitrogen and oxygen atoms in total. The summed E-state index contributed by atoms with van der Waals surface area (Å²) in [5.41, 5.74) is 0. The summed E-state index contributed by atoms with van der Waals surface area (Å²) in [6, 6.07) is 0. The summed E-state index contributed by atoms with van der Waals surface area (Å²) in [5, 5.41) is 0. The van der Waals surface area contributed by atoms with E-state index in [1.807, 2.05) is 0 Å². The average molecular weight is 423 g/mol. The highest BCUT2D eigenvalue weighted by molar-refractivity contribution is 5.72. The van der Waals surface area contributed by atoms with Crippen LogP contribution in [0.4, 0.5) is 0 Å². The molecule has 1 aliphatic heterocycles. The third-order valence-electron chi connectivity index (χ3n) is 7.15. The van der Waals surface area contributed by atoms with E-state index in [4.69, 9.17) is 9.47 Å². The second-order valence-electron chi connectivity index (χ2n) is 9.40. The Hall–Kier alpha value is -1.14. The Labute approximate surface area is 182 Å². The number of esters is 2. The summed E-state index contributed by atoms with van der Waals surface area (Å²) < 4.78 is 11.1. The Kier molecular flexibility index (Phi) is 10.4. The Morgan fingerprint density at radius 3 is 1.23 bits per heavy atom. The van der Waals surface area contributed by atoms with E-state index in [-0.39, 0.29) is 23.8 Å². The predicted octanol–water partition coefficient (Wildman–Crippen LogP) is 3.63. The Morgan fingerprint density at radius 2 is 0.900 bits per heavy atom. The van der Waals surface area contributed by atoms with Gasteiger partial charge in [0, 0.05) is 39.3 Å². The first-order chi connectivity index (χ1) is 14.7. The monoisotopic (exact) mass is 422 g/mol. The fourth-order valence-corrected chi connectivity index (χ4v) is 5.05. The van der Waals surface area contributed by atoms with Crippen LogP contribution in [0.1, 0.15) is 77.0 Å². The van der Waals surface area contributed by atoms with Gasteiger partial charge >= 0.3 is 11.9 Å². The number of hydrogen-bond donors (Lipinski definition) is 0. The first-order valence-corrected chi connectivity index (χ1v) is 12.5. The zero-order chi connectivity index (χ0) is 21.0. The van der Waals surface area contributed by atoms with E-state index < -0.39 is 0 Å². The lowest BCUT2D eigenvalue weighted by Gasteiger charge is -2.34. The van der Waals surface area contributed by atoms with Crippen LogP contribution in [0.2, 0.25) is 0 Å². The molecule has 0 radical (unpaired) electrons. The number of ether oxygens (including phenoxy) is 2. The lowest BCUT2D eigenvalue weighted by atomic mass is 10.0. The number of piperazine rings is 1. The van der Waals surface area contributed by atoms with Gasteiger partial charge in [0.25, 0.3) is 0 Å². The predicted molar refractivity (Wildman–Crippen MR) is 117 cm³/mol. The van der Waals surface area contributed by atoms with Gasteiger partial charge in [-0.25, -0.2) is 0 Å². The largest absolute Gasteiger partial charge is 0.464 e. The molecule has 0 aromatic carbocycles. The highest BCUT2D eigenvalue weighted by atomic mass is 16.5. The summed E-state index contributed by atoms with van der Waals surface area (Å²) in [6.07, 6.45) is 13.7. The number of carbonyl (C=O) groups excluding carboxylic acids is 2. The molecule has 3 rings (SSSR count). The van der Waals surface area contributed by atoms with E-state index in [0.29, 0.717) is 13.2 Å². The molecule has 0 aromatic heterocycles. The molecule has 0 aromatic rings. The van der Waals surface area contributed by atoms with Crippen molar-refractivity contribution in [1.82, 2.24) is 9.80 Å². The second-order valence-corrected chi connectivity index (χ2v) is 9.40. The minimum Gasteiger partial charge on any atom is -0.464 e. The smallest absolute Gasteiger partial charge is 0.308 e. The third-order valence-corrected chi connectivity index (χ3v) is 7.15. The van der Waals surface area contributed by atoms with E-state index in [1.165, 1.54) is 25.7 Å². The molecule has 30 heavy (non-hydrogen) atoms. The maximum Gasteiger partial charge on any atom is 0.308 e. The molecular formula is C24H42N2O4. The maximum absolute atomic E-state index is 12.3. The highest BCUT2D eigenvalue weighted by Gasteiger charge is 2.23. The summed E-state index contributed by atoms with van der Waals surface area (Å²) in [5.74, 6) is 0.298. The molecule has 0 bridgehead atoms. The van der Waals surface area contributed by atoms with Gasteiger partial charge in [-0.2, -0.15) is 0 Å². The van der Waals surface area contributed by atoms with Gasteiger partial charge in [0.2, 0.25) is 0 Å². The Balaban J connectivity index is 1.22. The minimum atomic E-state index is 0.0195. The number of rotatable bonds is 8. The Bertz CT molecular complexity index is 457. The van der Waals surface area contributed by atoms with Crippen LogP contribution in [0, 0.1) is 11.8 Å². The van der Waals surface area contributed by atoms with Crippen molar-refractivity contribution in [3.8, 4) is 0 Å². The van der Waals surface area contributed by atoms with E-state index in [1.54, 1.807) is 0 Å². The lowest BCUT2D eigenvalue weighted by Crippen LogP contribution is -2.48. The van der Waals surface area contributed by atoms with E-state index in [0.717, 1.165) is 90.6 Å². The van der Waals surface area contributed by atoms with Gasteiger partial charge in [-0.15, -0.1) is 0 Å². The molecule has 0 spiro atoms. The average Bonchev–Trinajstić information content (AvgIpc) is 3.20.